The molecule has 1 unspecified atom stereocenters. The van der Waals surface area contributed by atoms with E-state index in [1.54, 1.807) is 37.3 Å². The molecule has 6 rings (SSSR count). The summed E-state index contributed by atoms with van der Waals surface area (Å²) in [5.74, 6) is 0.742. The number of nitrogens with zero attached hydrogens (tertiary/aromatic N) is 2. The van der Waals surface area contributed by atoms with E-state index < -0.39 is 17.4 Å². The van der Waals surface area contributed by atoms with Gasteiger partial charge in [0.1, 0.15) is 33.5 Å². The number of thiazole rings is 1. The molecule has 9 heteroatoms. The van der Waals surface area contributed by atoms with Crippen LogP contribution in [0.15, 0.2) is 120 Å². The third kappa shape index (κ3) is 5.87. The predicted octanol–water partition coefficient (Wildman–Crippen LogP) is 5.49. The first-order valence-electron chi connectivity index (χ1n) is 14.2. The number of carbonyl (C=O) groups excluding carboxylic acids is 1. The molecule has 0 radical (unpaired) electrons. The van der Waals surface area contributed by atoms with E-state index in [9.17, 15) is 14.9 Å². The first-order chi connectivity index (χ1) is 22.0. The maximum atomic E-state index is 13.9. The van der Waals surface area contributed by atoms with Crippen molar-refractivity contribution in [1.29, 1.82) is 5.26 Å². The van der Waals surface area contributed by atoms with E-state index in [0.29, 0.717) is 43.3 Å². The lowest BCUT2D eigenvalue weighted by Gasteiger charge is -2.25. The number of nitriles is 1. The lowest BCUT2D eigenvalue weighted by atomic mass is 9.84. The van der Waals surface area contributed by atoms with Crippen LogP contribution in [0.5, 0.6) is 23.0 Å². The molecule has 0 fully saturated rings. The Balaban J connectivity index is 1.54. The number of benzene rings is 4. The van der Waals surface area contributed by atoms with Gasteiger partial charge in [-0.2, -0.15) is 5.26 Å². The summed E-state index contributed by atoms with van der Waals surface area (Å²) in [6, 6.07) is 35.2. The van der Waals surface area contributed by atoms with E-state index >= 15 is 0 Å². The highest BCUT2D eigenvalue weighted by Crippen LogP contribution is 2.38. The Kier molecular flexibility index (Phi) is 8.31. The summed E-state index contributed by atoms with van der Waals surface area (Å²) < 4.78 is 19.4. The molecule has 8 nitrogen and oxygen atoms in total. The summed E-state index contributed by atoms with van der Waals surface area (Å²) >= 11 is 1.10. The number of allylic oxidation sites excluding steroid dienone is 1. The van der Waals surface area contributed by atoms with Crippen molar-refractivity contribution in [3.05, 3.63) is 145 Å². The van der Waals surface area contributed by atoms with Gasteiger partial charge in [-0.15, -0.1) is 11.3 Å². The molecule has 1 aliphatic rings. The topological polar surface area (TPSA) is 117 Å². The third-order valence-corrected chi connectivity index (χ3v) is 8.22. The van der Waals surface area contributed by atoms with Gasteiger partial charge in [0, 0.05) is 5.56 Å². The van der Waals surface area contributed by atoms with Crippen molar-refractivity contribution in [2.24, 2.45) is 5.73 Å². The number of hydrogen-bond acceptors (Lipinski definition) is 8. The highest BCUT2D eigenvalue weighted by molar-refractivity contribution is 7.07. The highest BCUT2D eigenvalue weighted by atomic mass is 32.1. The number of fused-ring (bicyclic) bond motifs is 1. The van der Waals surface area contributed by atoms with Crippen molar-refractivity contribution < 1.29 is 19.0 Å². The molecular formula is C36H27N3O5S. The van der Waals surface area contributed by atoms with Gasteiger partial charge in [-0.25, -0.2) is 4.79 Å². The zero-order valence-corrected chi connectivity index (χ0v) is 25.0. The number of hydrogen-bond donors (Lipinski definition) is 1. The van der Waals surface area contributed by atoms with Gasteiger partial charge in [-0.3, -0.25) is 9.36 Å². The van der Waals surface area contributed by atoms with Gasteiger partial charge in [0.05, 0.1) is 34.3 Å². The highest BCUT2D eigenvalue weighted by Gasteiger charge is 2.36. The van der Waals surface area contributed by atoms with E-state index in [2.05, 4.69) is 6.07 Å². The number of para-hydroxylation sites is 3. The molecular weight excluding hydrogens is 586 g/mol. The lowest BCUT2D eigenvalue weighted by molar-refractivity contribution is -0.136. The molecule has 222 valence electrons. The van der Waals surface area contributed by atoms with Gasteiger partial charge < -0.3 is 19.9 Å². The minimum Gasteiger partial charge on any atom is -0.463 e. The average Bonchev–Trinajstić information content (AvgIpc) is 3.38. The molecule has 4 aromatic carbocycles. The molecule has 0 amide bonds. The third-order valence-electron chi connectivity index (χ3n) is 7.11. The molecule has 0 bridgehead atoms. The molecule has 2 N–H and O–H groups in total. The van der Waals surface area contributed by atoms with E-state index in [-0.39, 0.29) is 23.6 Å². The van der Waals surface area contributed by atoms with Crippen LogP contribution in [0.3, 0.4) is 0 Å². The second kappa shape index (κ2) is 12.8. The standard InChI is InChI=1S/C36H27N3O5S/c1-2-42-36(41)32-31(24-13-11-18-27(20-24)43-25-14-5-3-6-15-25)28(22-37)33(38)39-34(40)30(45-35(32)39)21-23-12-9-10-19-29(23)44-26-16-7-4-8-17-26/h3-21,31H,2,38H2,1H3/b30-21-. The van der Waals surface area contributed by atoms with Crippen LogP contribution >= 0.6 is 11.3 Å². The fourth-order valence-corrected chi connectivity index (χ4v) is 6.27. The van der Waals surface area contributed by atoms with Crippen LogP contribution in [0.4, 0.5) is 0 Å². The van der Waals surface area contributed by atoms with E-state index in [1.807, 2.05) is 84.9 Å². The zero-order chi connectivity index (χ0) is 31.3. The smallest absolute Gasteiger partial charge is 0.338 e. The maximum absolute atomic E-state index is 13.9. The molecule has 0 saturated heterocycles. The van der Waals surface area contributed by atoms with E-state index in [4.69, 9.17) is 19.9 Å². The molecule has 0 aliphatic carbocycles. The summed E-state index contributed by atoms with van der Waals surface area (Å²) in [4.78, 5) is 27.5. The summed E-state index contributed by atoms with van der Waals surface area (Å²) in [6.07, 6.45) is 1.70. The molecule has 5 aromatic rings. The van der Waals surface area contributed by atoms with Crippen molar-refractivity contribution in [1.82, 2.24) is 4.57 Å². The number of nitrogens with two attached hydrogens (primary N) is 1. The molecule has 0 spiro atoms. The Bertz CT molecular complexity index is 2140. The predicted molar refractivity (Wildman–Crippen MR) is 173 cm³/mol. The van der Waals surface area contributed by atoms with E-state index in [0.717, 1.165) is 11.3 Å². The van der Waals surface area contributed by atoms with Crippen LogP contribution in [-0.4, -0.2) is 17.1 Å². The Morgan fingerprint density at radius 1 is 0.911 bits per heavy atom. The maximum Gasteiger partial charge on any atom is 0.338 e. The van der Waals surface area contributed by atoms with Crippen LogP contribution in [0.2, 0.25) is 0 Å². The van der Waals surface area contributed by atoms with Crippen LogP contribution < -0.4 is 30.0 Å². The quantitative estimate of drug-likeness (QED) is 0.230. The van der Waals surface area contributed by atoms with Crippen molar-refractivity contribution in [2.45, 2.75) is 12.8 Å². The van der Waals surface area contributed by atoms with Crippen molar-refractivity contribution in [3.63, 3.8) is 0 Å². The number of rotatable bonds is 8. The fourth-order valence-electron chi connectivity index (χ4n) is 5.12. The summed E-state index contributed by atoms with van der Waals surface area (Å²) in [7, 11) is 0. The Labute approximate surface area is 262 Å². The molecule has 0 saturated carbocycles. The number of carbonyl (C=O) groups is 1. The van der Waals surface area contributed by atoms with Gasteiger partial charge in [0.15, 0.2) is 0 Å². The Hall–Kier alpha value is -5.85. The van der Waals surface area contributed by atoms with Gasteiger partial charge >= 0.3 is 5.97 Å². The number of ether oxygens (including phenoxy) is 3. The summed E-state index contributed by atoms with van der Waals surface area (Å²) in [6.45, 7) is 1.80. The monoisotopic (exact) mass is 613 g/mol. The fraction of sp³-hybridized carbons (Fsp3) is 0.0833. The molecule has 1 aliphatic heterocycles. The molecule has 2 heterocycles. The van der Waals surface area contributed by atoms with Crippen LogP contribution in [0, 0.1) is 11.3 Å². The largest absolute Gasteiger partial charge is 0.463 e. The molecule has 1 aromatic heterocycles. The minimum atomic E-state index is -0.895. The Morgan fingerprint density at radius 2 is 1.56 bits per heavy atom. The van der Waals surface area contributed by atoms with Gasteiger partial charge in [0.25, 0.3) is 5.56 Å². The van der Waals surface area contributed by atoms with Gasteiger partial charge in [0.2, 0.25) is 0 Å². The molecule has 45 heavy (non-hydrogen) atoms. The zero-order valence-electron chi connectivity index (χ0n) is 24.2. The first-order valence-corrected chi connectivity index (χ1v) is 15.0. The Morgan fingerprint density at radius 3 is 2.24 bits per heavy atom. The normalized spacial score (nSPS) is 14.4. The second-order valence-corrected chi connectivity index (χ2v) is 11.0. The van der Waals surface area contributed by atoms with Crippen LogP contribution in [-0.2, 0) is 9.53 Å². The SMILES string of the molecule is CCOC(=O)C1=c2s/c(=C\c3ccccc3Oc3ccccc3)c(=O)n2C(N)=C(C#N)C1c1cccc(Oc2ccccc2)c1. The van der Waals surface area contributed by atoms with Gasteiger partial charge in [-0.05, 0) is 61.0 Å². The summed E-state index contributed by atoms with van der Waals surface area (Å²) in [5.41, 5.74) is 7.54. The number of esters is 1. The minimum absolute atomic E-state index is 0.0466. The average molecular weight is 614 g/mol. The number of aromatic nitrogens is 1. The van der Waals surface area contributed by atoms with Crippen molar-refractivity contribution >= 4 is 34.8 Å². The lowest BCUT2D eigenvalue weighted by Crippen LogP contribution is -2.40. The van der Waals surface area contributed by atoms with Gasteiger partial charge in [-0.1, -0.05) is 66.7 Å². The van der Waals surface area contributed by atoms with E-state index in [1.165, 1.54) is 4.57 Å². The molecule has 1 atom stereocenters. The first kappa shape index (κ1) is 29.2. The van der Waals surface area contributed by atoms with Crippen LogP contribution in [0.25, 0.3) is 17.5 Å². The van der Waals surface area contributed by atoms with Crippen molar-refractivity contribution in [3.8, 4) is 29.1 Å². The summed E-state index contributed by atoms with van der Waals surface area (Å²) in [5, 5.41) is 10.3. The van der Waals surface area contributed by atoms with Crippen LogP contribution in [0.1, 0.15) is 24.0 Å². The second-order valence-electron chi connectivity index (χ2n) is 9.97. The van der Waals surface area contributed by atoms with Crippen molar-refractivity contribution in [2.75, 3.05) is 6.61 Å².